The molecule has 1 aromatic carbocycles. The molecule has 0 fully saturated rings. The van der Waals surface area contributed by atoms with Crippen molar-refractivity contribution in [3.63, 3.8) is 0 Å². The lowest BCUT2D eigenvalue weighted by Gasteiger charge is -2.06. The number of hydrazine groups is 1. The average molecular weight is 187 g/mol. The lowest BCUT2D eigenvalue weighted by Crippen LogP contribution is -2.06. The van der Waals surface area contributed by atoms with Crippen LogP contribution in [0.25, 0.3) is 0 Å². The fourth-order valence-corrected chi connectivity index (χ4v) is 1.19. The third-order valence-corrected chi connectivity index (χ3v) is 2.16. The van der Waals surface area contributed by atoms with Crippen molar-refractivity contribution in [3.05, 3.63) is 24.3 Å². The van der Waals surface area contributed by atoms with Crippen molar-refractivity contribution in [2.75, 3.05) is 5.43 Å². The minimum Gasteiger partial charge on any atom is -0.744 e. The molecule has 66 valence electrons. The van der Waals surface area contributed by atoms with Gasteiger partial charge in [-0.25, -0.2) is 8.42 Å². The van der Waals surface area contributed by atoms with Gasteiger partial charge in [0.2, 0.25) is 0 Å². The van der Waals surface area contributed by atoms with E-state index in [0.29, 0.717) is 5.69 Å². The Hall–Kier alpha value is -1.11. The Morgan fingerprint density at radius 3 is 2.08 bits per heavy atom. The van der Waals surface area contributed by atoms with E-state index in [1.54, 1.807) is 0 Å². The summed E-state index contributed by atoms with van der Waals surface area (Å²) in [6.07, 6.45) is 0. The molecule has 0 aliphatic carbocycles. The van der Waals surface area contributed by atoms with Crippen molar-refractivity contribution < 1.29 is 13.0 Å². The molecule has 0 spiro atoms. The Labute approximate surface area is 69.9 Å². The number of benzene rings is 1. The predicted octanol–water partition coefficient (Wildman–Crippen LogP) is -0.124. The Morgan fingerprint density at radius 2 is 1.75 bits per heavy atom. The number of rotatable bonds is 2. The second-order valence-electron chi connectivity index (χ2n) is 2.12. The van der Waals surface area contributed by atoms with Gasteiger partial charge in [0, 0.05) is 5.69 Å². The number of anilines is 1. The third-order valence-electron chi connectivity index (χ3n) is 1.31. The molecule has 0 aliphatic rings. The molecule has 0 aromatic heterocycles. The molecule has 0 unspecified atom stereocenters. The molecule has 0 saturated heterocycles. The SMILES string of the molecule is NNc1ccc(S(=O)(=O)[O-])cc1. The smallest absolute Gasteiger partial charge is 0.124 e. The average Bonchev–Trinajstić information content (AvgIpc) is 2.03. The van der Waals surface area contributed by atoms with E-state index in [1.165, 1.54) is 24.3 Å². The Kier molecular flexibility index (Phi) is 2.32. The monoisotopic (exact) mass is 187 g/mol. The van der Waals surface area contributed by atoms with Crippen LogP contribution in [0.1, 0.15) is 0 Å². The number of hydrogen-bond donors (Lipinski definition) is 2. The summed E-state index contributed by atoms with van der Waals surface area (Å²) in [5.41, 5.74) is 2.85. The molecule has 0 heterocycles. The van der Waals surface area contributed by atoms with Gasteiger partial charge in [-0.1, -0.05) is 0 Å². The van der Waals surface area contributed by atoms with Crippen LogP contribution in [0.15, 0.2) is 29.2 Å². The van der Waals surface area contributed by atoms with Gasteiger partial charge in [-0.05, 0) is 24.3 Å². The first-order valence-electron chi connectivity index (χ1n) is 3.06. The van der Waals surface area contributed by atoms with Crippen LogP contribution >= 0.6 is 0 Å². The van der Waals surface area contributed by atoms with Gasteiger partial charge in [0.15, 0.2) is 0 Å². The first kappa shape index (κ1) is 8.98. The molecule has 0 amide bonds. The molecule has 0 bridgehead atoms. The highest BCUT2D eigenvalue weighted by atomic mass is 32.2. The standard InChI is InChI=1S/C6H8N2O3S/c7-8-5-1-3-6(4-2-5)12(9,10)11/h1-4,8H,7H2,(H,9,10,11)/p-1. The van der Waals surface area contributed by atoms with E-state index in [4.69, 9.17) is 5.84 Å². The van der Waals surface area contributed by atoms with Crippen LogP contribution in [-0.2, 0) is 10.1 Å². The van der Waals surface area contributed by atoms with Gasteiger partial charge in [0.25, 0.3) is 0 Å². The largest absolute Gasteiger partial charge is 0.744 e. The lowest BCUT2D eigenvalue weighted by atomic mass is 10.3. The predicted molar refractivity (Wildman–Crippen MR) is 42.2 cm³/mol. The van der Waals surface area contributed by atoms with Crippen molar-refractivity contribution in [2.24, 2.45) is 5.84 Å². The van der Waals surface area contributed by atoms with Gasteiger partial charge < -0.3 is 9.98 Å². The maximum absolute atomic E-state index is 10.4. The number of hydrogen-bond acceptors (Lipinski definition) is 5. The fraction of sp³-hybridized carbons (Fsp3) is 0. The van der Waals surface area contributed by atoms with Crippen molar-refractivity contribution in [1.82, 2.24) is 0 Å². The summed E-state index contributed by atoms with van der Waals surface area (Å²) in [7, 11) is -4.35. The maximum atomic E-state index is 10.4. The molecule has 6 heteroatoms. The molecule has 1 aromatic rings. The van der Waals surface area contributed by atoms with Crippen LogP contribution in [0.2, 0.25) is 0 Å². The van der Waals surface area contributed by atoms with Gasteiger partial charge in [-0.15, -0.1) is 0 Å². The highest BCUT2D eigenvalue weighted by Crippen LogP contribution is 2.11. The van der Waals surface area contributed by atoms with E-state index in [1.807, 2.05) is 0 Å². The number of nitrogens with one attached hydrogen (secondary N) is 1. The molecule has 0 saturated carbocycles. The zero-order chi connectivity index (χ0) is 9.19. The molecule has 0 atom stereocenters. The normalized spacial score (nSPS) is 11.2. The summed E-state index contributed by atoms with van der Waals surface area (Å²) in [6, 6.07) is 5.20. The van der Waals surface area contributed by atoms with Crippen molar-refractivity contribution >= 4 is 15.8 Å². The zero-order valence-corrected chi connectivity index (χ0v) is 6.84. The van der Waals surface area contributed by atoms with E-state index < -0.39 is 10.1 Å². The van der Waals surface area contributed by atoms with E-state index in [9.17, 15) is 13.0 Å². The minimum absolute atomic E-state index is 0.262. The third kappa shape index (κ3) is 1.94. The molecule has 5 nitrogen and oxygen atoms in total. The van der Waals surface area contributed by atoms with Crippen LogP contribution in [0, 0.1) is 0 Å². The highest BCUT2D eigenvalue weighted by Gasteiger charge is 1.98. The summed E-state index contributed by atoms with van der Waals surface area (Å²) >= 11 is 0. The van der Waals surface area contributed by atoms with Crippen LogP contribution in [0.4, 0.5) is 5.69 Å². The first-order valence-corrected chi connectivity index (χ1v) is 4.47. The Morgan fingerprint density at radius 1 is 1.25 bits per heavy atom. The quantitative estimate of drug-likeness (QED) is 0.382. The summed E-state index contributed by atoms with van der Waals surface area (Å²) in [4.78, 5) is -0.262. The van der Waals surface area contributed by atoms with E-state index >= 15 is 0 Å². The van der Waals surface area contributed by atoms with Gasteiger partial charge >= 0.3 is 0 Å². The molecule has 0 radical (unpaired) electrons. The van der Waals surface area contributed by atoms with Crippen molar-refractivity contribution in [3.8, 4) is 0 Å². The second kappa shape index (κ2) is 3.10. The van der Waals surface area contributed by atoms with E-state index in [-0.39, 0.29) is 4.90 Å². The Balaban J connectivity index is 3.09. The summed E-state index contributed by atoms with van der Waals surface area (Å²) in [6.45, 7) is 0. The summed E-state index contributed by atoms with van der Waals surface area (Å²) in [5.74, 6) is 5.03. The second-order valence-corrected chi connectivity index (χ2v) is 3.50. The van der Waals surface area contributed by atoms with Crippen LogP contribution in [0.5, 0.6) is 0 Å². The van der Waals surface area contributed by atoms with E-state index in [2.05, 4.69) is 5.43 Å². The van der Waals surface area contributed by atoms with Crippen LogP contribution in [-0.4, -0.2) is 13.0 Å². The summed E-state index contributed by atoms with van der Waals surface area (Å²) < 4.78 is 31.3. The topological polar surface area (TPSA) is 95.2 Å². The highest BCUT2D eigenvalue weighted by molar-refractivity contribution is 7.85. The lowest BCUT2D eigenvalue weighted by molar-refractivity contribution is 0.463. The first-order chi connectivity index (χ1) is 5.54. The van der Waals surface area contributed by atoms with Crippen molar-refractivity contribution in [1.29, 1.82) is 0 Å². The number of nitrogen functional groups attached to an aromatic ring is 1. The van der Waals surface area contributed by atoms with Gasteiger partial charge in [0.05, 0.1) is 4.90 Å². The van der Waals surface area contributed by atoms with Gasteiger partial charge in [-0.2, -0.15) is 0 Å². The molecule has 0 aliphatic heterocycles. The van der Waals surface area contributed by atoms with Crippen LogP contribution < -0.4 is 11.3 Å². The van der Waals surface area contributed by atoms with E-state index in [0.717, 1.165) is 0 Å². The fourth-order valence-electron chi connectivity index (χ4n) is 0.718. The Bertz CT molecular complexity index is 357. The van der Waals surface area contributed by atoms with Crippen LogP contribution in [0.3, 0.4) is 0 Å². The van der Waals surface area contributed by atoms with Crippen molar-refractivity contribution in [2.45, 2.75) is 4.90 Å². The van der Waals surface area contributed by atoms with Gasteiger partial charge in [-0.3, -0.25) is 5.84 Å². The molecular formula is C6H7N2O3S-. The molecule has 12 heavy (non-hydrogen) atoms. The van der Waals surface area contributed by atoms with Gasteiger partial charge in [0.1, 0.15) is 10.1 Å². The zero-order valence-electron chi connectivity index (χ0n) is 6.02. The molecule has 1 rings (SSSR count). The summed E-state index contributed by atoms with van der Waals surface area (Å²) in [5, 5.41) is 0. The number of nitrogens with two attached hydrogens (primary N) is 1. The molecule has 3 N–H and O–H groups in total. The minimum atomic E-state index is -4.35. The maximum Gasteiger partial charge on any atom is 0.124 e. The molecular weight excluding hydrogens is 180 g/mol.